The first kappa shape index (κ1) is 21.4. The summed E-state index contributed by atoms with van der Waals surface area (Å²) in [7, 11) is 0. The van der Waals surface area contributed by atoms with Crippen LogP contribution in [-0.2, 0) is 4.79 Å². The molecule has 0 radical (unpaired) electrons. The molecule has 2 N–H and O–H groups in total. The van der Waals surface area contributed by atoms with Gasteiger partial charge in [0.15, 0.2) is 0 Å². The molecule has 2 bridgehead atoms. The fourth-order valence-corrected chi connectivity index (χ4v) is 5.71. The van der Waals surface area contributed by atoms with E-state index in [2.05, 4.69) is 17.5 Å². The Kier molecular flexibility index (Phi) is 5.64. The minimum absolute atomic E-state index is 0.114. The molecule has 0 saturated heterocycles. The number of rotatable bonds is 4. The van der Waals surface area contributed by atoms with E-state index in [9.17, 15) is 9.90 Å². The van der Waals surface area contributed by atoms with Gasteiger partial charge in [-0.3, -0.25) is 9.80 Å². The van der Waals surface area contributed by atoms with Gasteiger partial charge in [-0.15, -0.1) is 0 Å². The third kappa shape index (κ3) is 4.12. The van der Waals surface area contributed by atoms with Gasteiger partial charge in [-0.05, 0) is 67.5 Å². The van der Waals surface area contributed by atoms with Crippen molar-refractivity contribution < 1.29 is 9.90 Å². The second-order valence-electron chi connectivity index (χ2n) is 9.02. The summed E-state index contributed by atoms with van der Waals surface area (Å²) < 4.78 is 0. The van der Waals surface area contributed by atoms with E-state index >= 15 is 0 Å². The number of hydrazone groups is 1. The highest BCUT2D eigenvalue weighted by Crippen LogP contribution is 2.42. The Morgan fingerprint density at radius 3 is 2.78 bits per heavy atom. The number of carbonyl (C=O) groups is 1. The van der Waals surface area contributed by atoms with Gasteiger partial charge in [0, 0.05) is 17.0 Å². The molecule has 2 aliphatic carbocycles. The van der Waals surface area contributed by atoms with Crippen LogP contribution in [0.15, 0.2) is 59.7 Å². The molecule has 3 aliphatic rings. The number of allylic oxidation sites excluding steroid dienone is 1. The average Bonchev–Trinajstić information content (AvgIpc) is 3.19. The second kappa shape index (κ2) is 8.45. The minimum Gasteiger partial charge on any atom is -0.508 e. The number of nitrogens with one attached hydrogen (secondary N) is 1. The van der Waals surface area contributed by atoms with Crippen molar-refractivity contribution in [1.29, 1.82) is 0 Å². The monoisotopic (exact) mass is 469 g/mol. The van der Waals surface area contributed by atoms with E-state index in [0.717, 1.165) is 31.2 Å². The number of aromatic hydroxyl groups is 1. The number of halogens is 2. The van der Waals surface area contributed by atoms with Crippen LogP contribution in [0.1, 0.15) is 50.1 Å². The Morgan fingerprint density at radius 2 is 2.00 bits per heavy atom. The summed E-state index contributed by atoms with van der Waals surface area (Å²) in [6.07, 6.45) is 10.1. The fourth-order valence-electron chi connectivity index (χ4n) is 5.21. The van der Waals surface area contributed by atoms with Gasteiger partial charge >= 0.3 is 0 Å². The molecule has 5 nitrogen and oxygen atoms in total. The van der Waals surface area contributed by atoms with Gasteiger partial charge in [0.2, 0.25) is 0 Å². The van der Waals surface area contributed by atoms with E-state index in [1.165, 1.54) is 6.42 Å². The normalized spacial score (nSPS) is 26.7. The minimum atomic E-state index is -0.210. The lowest BCUT2D eigenvalue weighted by Gasteiger charge is -2.43. The van der Waals surface area contributed by atoms with Crippen LogP contribution in [0.4, 0.5) is 5.69 Å². The molecular weight excluding hydrogens is 445 g/mol. The zero-order chi connectivity index (χ0) is 22.3. The number of amides is 1. The number of anilines is 1. The molecule has 0 spiro atoms. The molecule has 3 atom stereocenters. The molecule has 32 heavy (non-hydrogen) atoms. The largest absolute Gasteiger partial charge is 0.508 e. The summed E-state index contributed by atoms with van der Waals surface area (Å²) in [6.45, 7) is 0. The van der Waals surface area contributed by atoms with Crippen LogP contribution in [-0.4, -0.2) is 22.3 Å². The summed E-state index contributed by atoms with van der Waals surface area (Å²) in [5, 5.41) is 20.6. The molecule has 3 unspecified atom stereocenters. The number of nitrogens with zero attached hydrogens (tertiary/aromatic N) is 2. The molecule has 166 valence electrons. The van der Waals surface area contributed by atoms with E-state index in [0.29, 0.717) is 33.8 Å². The molecule has 1 heterocycles. The van der Waals surface area contributed by atoms with Crippen LogP contribution < -0.4 is 10.3 Å². The second-order valence-corrected chi connectivity index (χ2v) is 9.87. The van der Waals surface area contributed by atoms with Crippen LogP contribution in [0, 0.1) is 5.92 Å². The number of hydrogen-bond donors (Lipinski definition) is 2. The van der Waals surface area contributed by atoms with Crippen molar-refractivity contribution in [3.8, 4) is 5.75 Å². The van der Waals surface area contributed by atoms with Gasteiger partial charge in [0.25, 0.3) is 5.91 Å². The molecule has 5 rings (SSSR count). The smallest absolute Gasteiger partial charge is 0.268 e. The summed E-state index contributed by atoms with van der Waals surface area (Å²) in [6, 6.07) is 12.0. The number of benzene rings is 2. The van der Waals surface area contributed by atoms with Crippen molar-refractivity contribution in [1.82, 2.24) is 5.32 Å². The average molecular weight is 470 g/mol. The lowest BCUT2D eigenvalue weighted by atomic mass is 9.70. The number of carbonyl (C=O) groups excluding carboxylic acids is 1. The number of fused-ring (bicyclic) bond motifs is 2. The Balaban J connectivity index is 1.45. The summed E-state index contributed by atoms with van der Waals surface area (Å²) in [5.41, 5.74) is 1.95. The fraction of sp³-hybridized carbons (Fsp3) is 0.360. The highest BCUT2D eigenvalue weighted by Gasteiger charge is 2.41. The van der Waals surface area contributed by atoms with Crippen LogP contribution in [0.25, 0.3) is 0 Å². The molecule has 1 saturated carbocycles. The number of hydrogen-bond acceptors (Lipinski definition) is 4. The molecular formula is C25H25Cl2N3O2. The van der Waals surface area contributed by atoms with Crippen molar-refractivity contribution in [2.24, 2.45) is 11.0 Å². The van der Waals surface area contributed by atoms with Gasteiger partial charge in [0.05, 0.1) is 16.8 Å². The maximum atomic E-state index is 13.4. The van der Waals surface area contributed by atoms with Crippen molar-refractivity contribution in [2.45, 2.75) is 50.1 Å². The van der Waals surface area contributed by atoms with Crippen LogP contribution in [0.2, 0.25) is 10.0 Å². The van der Waals surface area contributed by atoms with E-state index in [4.69, 9.17) is 28.3 Å². The zero-order valence-corrected chi connectivity index (χ0v) is 19.1. The molecule has 0 aromatic heterocycles. The summed E-state index contributed by atoms with van der Waals surface area (Å²) in [4.78, 5) is 13.4. The molecule has 1 amide bonds. The van der Waals surface area contributed by atoms with Crippen LogP contribution >= 0.6 is 23.2 Å². The third-order valence-electron chi connectivity index (χ3n) is 6.79. The number of phenolic OH excluding ortho intramolecular Hbond substituents is 1. The van der Waals surface area contributed by atoms with Gasteiger partial charge in [0.1, 0.15) is 11.5 Å². The van der Waals surface area contributed by atoms with Gasteiger partial charge in [-0.2, -0.15) is 5.10 Å². The quantitative estimate of drug-likeness (QED) is 0.538. The van der Waals surface area contributed by atoms with E-state index < -0.39 is 0 Å². The van der Waals surface area contributed by atoms with Crippen molar-refractivity contribution in [3.05, 3.63) is 70.2 Å². The molecule has 1 aliphatic heterocycles. The predicted octanol–water partition coefficient (Wildman–Crippen LogP) is 6.01. The first-order chi connectivity index (χ1) is 15.4. The van der Waals surface area contributed by atoms with Gasteiger partial charge < -0.3 is 10.4 Å². The Hall–Kier alpha value is -2.50. The Morgan fingerprint density at radius 1 is 1.19 bits per heavy atom. The van der Waals surface area contributed by atoms with Crippen molar-refractivity contribution in [3.63, 3.8) is 0 Å². The highest BCUT2D eigenvalue weighted by atomic mass is 35.5. The van der Waals surface area contributed by atoms with Crippen LogP contribution in [0.3, 0.4) is 0 Å². The summed E-state index contributed by atoms with van der Waals surface area (Å²) >= 11 is 12.6. The summed E-state index contributed by atoms with van der Waals surface area (Å²) in [5.74, 6) is 0.632. The number of phenols is 1. The standard InChI is InChI=1S/C25H25Cl2N3O2/c26-18-7-10-22(20(27)13-18)30-23(17-5-8-19(31)9-6-17)14-21(29-30)24(32)28-25-11-1-3-16(15-25)4-2-12-25/h1,3,5-10,13,16,23,31H,2,4,11-12,14-15H2,(H,28,32). The first-order valence-electron chi connectivity index (χ1n) is 11.0. The molecule has 2 aromatic carbocycles. The maximum absolute atomic E-state index is 13.4. The predicted molar refractivity (Wildman–Crippen MR) is 128 cm³/mol. The topological polar surface area (TPSA) is 64.9 Å². The van der Waals surface area contributed by atoms with Gasteiger partial charge in [-0.1, -0.05) is 53.9 Å². The van der Waals surface area contributed by atoms with E-state index in [1.54, 1.807) is 29.3 Å². The molecule has 1 fully saturated rings. The van der Waals surface area contributed by atoms with Crippen molar-refractivity contribution in [2.75, 3.05) is 5.01 Å². The van der Waals surface area contributed by atoms with Gasteiger partial charge in [-0.25, -0.2) is 0 Å². The van der Waals surface area contributed by atoms with Crippen molar-refractivity contribution >= 4 is 40.5 Å². The lowest BCUT2D eigenvalue weighted by Crippen LogP contribution is -2.53. The SMILES string of the molecule is O=C(NC12CC=CC(CCC1)C2)C1=NN(c2ccc(Cl)cc2Cl)C(c2ccc(O)cc2)C1. The van der Waals surface area contributed by atoms with E-state index in [1.807, 2.05) is 18.2 Å². The maximum Gasteiger partial charge on any atom is 0.268 e. The third-order valence-corrected chi connectivity index (χ3v) is 7.32. The first-order valence-corrected chi connectivity index (χ1v) is 11.8. The van der Waals surface area contributed by atoms with Crippen LogP contribution in [0.5, 0.6) is 5.75 Å². The van der Waals surface area contributed by atoms with E-state index in [-0.39, 0.29) is 23.2 Å². The molecule has 7 heteroatoms. The Labute approximate surface area is 197 Å². The highest BCUT2D eigenvalue weighted by molar-refractivity contribution is 6.40. The zero-order valence-electron chi connectivity index (χ0n) is 17.6. The molecule has 2 aromatic rings. The lowest BCUT2D eigenvalue weighted by molar-refractivity contribution is -0.117. The Bertz CT molecular complexity index is 1100.